The topological polar surface area (TPSA) is 111 Å². The summed E-state index contributed by atoms with van der Waals surface area (Å²) in [7, 11) is 0. The molecule has 0 fully saturated rings. The normalized spacial score (nSPS) is 11.1. The van der Waals surface area contributed by atoms with Crippen molar-refractivity contribution in [1.82, 2.24) is 15.1 Å². The third-order valence-electron chi connectivity index (χ3n) is 4.26. The Bertz CT molecular complexity index is 1230. The van der Waals surface area contributed by atoms with Gasteiger partial charge in [-0.3, -0.25) is 14.9 Å². The Hall–Kier alpha value is -3.33. The van der Waals surface area contributed by atoms with Crippen LogP contribution in [0, 0.1) is 20.8 Å². The van der Waals surface area contributed by atoms with Crippen LogP contribution in [0.3, 0.4) is 0 Å². The fraction of sp³-hybridized carbons (Fsp3) is 0.211. The summed E-state index contributed by atoms with van der Waals surface area (Å²) in [5, 5.41) is 9.15. The van der Waals surface area contributed by atoms with Crippen molar-refractivity contribution in [3.8, 4) is 11.3 Å². The van der Waals surface area contributed by atoms with E-state index in [4.69, 9.17) is 8.94 Å². The number of thiazole rings is 1. The molecule has 0 radical (unpaired) electrons. The van der Waals surface area contributed by atoms with Gasteiger partial charge in [0.15, 0.2) is 10.9 Å². The number of hydrogen-bond donors (Lipinski definition) is 1. The fourth-order valence-electron chi connectivity index (χ4n) is 2.95. The lowest BCUT2D eigenvalue weighted by Gasteiger charge is -2.06. The highest BCUT2D eigenvalue weighted by Crippen LogP contribution is 2.31. The number of nitrogens with one attached hydrogen (secondary N) is 1. The number of ketones is 1. The predicted octanol–water partition coefficient (Wildman–Crippen LogP) is 4.32. The van der Waals surface area contributed by atoms with Gasteiger partial charge >= 0.3 is 0 Å². The highest BCUT2D eigenvalue weighted by molar-refractivity contribution is 7.14. The summed E-state index contributed by atoms with van der Waals surface area (Å²) in [4.78, 5) is 33.0. The molecule has 8 nitrogen and oxygen atoms in total. The van der Waals surface area contributed by atoms with Crippen molar-refractivity contribution in [3.63, 3.8) is 0 Å². The van der Waals surface area contributed by atoms with Crippen molar-refractivity contribution >= 4 is 39.3 Å². The Labute approximate surface area is 163 Å². The van der Waals surface area contributed by atoms with E-state index < -0.39 is 0 Å². The van der Waals surface area contributed by atoms with Crippen molar-refractivity contribution < 1.29 is 18.5 Å². The summed E-state index contributed by atoms with van der Waals surface area (Å²) < 4.78 is 10.9. The van der Waals surface area contributed by atoms with E-state index in [1.807, 2.05) is 19.9 Å². The van der Waals surface area contributed by atoms with Gasteiger partial charge < -0.3 is 8.94 Å². The number of nitrogens with zero attached hydrogens (tertiary/aromatic N) is 3. The lowest BCUT2D eigenvalue weighted by molar-refractivity contribution is 0.100. The van der Waals surface area contributed by atoms with Crippen LogP contribution in [-0.2, 0) is 0 Å². The quantitative estimate of drug-likeness (QED) is 0.511. The zero-order valence-electron chi connectivity index (χ0n) is 15.6. The van der Waals surface area contributed by atoms with Crippen LogP contribution in [-0.4, -0.2) is 26.8 Å². The summed E-state index contributed by atoms with van der Waals surface area (Å²) in [5.74, 6) is 0.889. The number of amides is 1. The molecule has 4 heterocycles. The van der Waals surface area contributed by atoms with E-state index in [9.17, 15) is 9.59 Å². The Morgan fingerprint density at radius 3 is 2.57 bits per heavy atom. The molecule has 0 spiro atoms. The van der Waals surface area contributed by atoms with Crippen molar-refractivity contribution in [2.75, 3.05) is 5.32 Å². The SMILES string of the molecule is CC(=O)c1csc(NC(=O)c2cc(-c3cc(C)oc3C)nc3onc(C)c23)n1. The zero-order chi connectivity index (χ0) is 20.0. The minimum atomic E-state index is -0.387. The highest BCUT2D eigenvalue weighted by atomic mass is 32.1. The predicted molar refractivity (Wildman–Crippen MR) is 104 cm³/mol. The number of pyridine rings is 1. The van der Waals surface area contributed by atoms with Gasteiger partial charge in [0.25, 0.3) is 11.6 Å². The number of carbonyl (C=O) groups is 2. The van der Waals surface area contributed by atoms with Crippen LogP contribution in [0.2, 0.25) is 0 Å². The molecule has 142 valence electrons. The molecule has 0 atom stereocenters. The standard InChI is InChI=1S/C19H16N4O4S/c1-8-5-12(11(4)26-8)14-6-13(16-9(2)23-27-18(16)20-14)17(25)22-19-21-15(7-28-19)10(3)24/h5-7H,1-4H3,(H,21,22,25). The molecule has 4 aromatic heterocycles. The monoisotopic (exact) mass is 396 g/mol. The van der Waals surface area contributed by atoms with Crippen LogP contribution in [0.5, 0.6) is 0 Å². The second kappa shape index (κ2) is 6.68. The number of aryl methyl sites for hydroxylation is 3. The number of anilines is 1. The number of aromatic nitrogens is 3. The molecule has 0 saturated carbocycles. The van der Waals surface area contributed by atoms with Crippen LogP contribution in [0.4, 0.5) is 5.13 Å². The maximum Gasteiger partial charge on any atom is 0.259 e. The highest BCUT2D eigenvalue weighted by Gasteiger charge is 2.22. The van der Waals surface area contributed by atoms with Crippen molar-refractivity contribution in [3.05, 3.63) is 46.0 Å². The first-order valence-corrected chi connectivity index (χ1v) is 9.33. The molecular formula is C19H16N4O4S. The Morgan fingerprint density at radius 2 is 1.93 bits per heavy atom. The molecule has 0 aliphatic carbocycles. The Morgan fingerprint density at radius 1 is 1.14 bits per heavy atom. The van der Waals surface area contributed by atoms with Gasteiger partial charge in [-0.25, -0.2) is 9.97 Å². The van der Waals surface area contributed by atoms with Crippen LogP contribution < -0.4 is 5.32 Å². The summed E-state index contributed by atoms with van der Waals surface area (Å²) in [6, 6.07) is 3.53. The van der Waals surface area contributed by atoms with E-state index >= 15 is 0 Å². The molecule has 0 saturated heterocycles. The van der Waals surface area contributed by atoms with Crippen molar-refractivity contribution in [2.24, 2.45) is 0 Å². The molecule has 28 heavy (non-hydrogen) atoms. The molecule has 0 aliphatic rings. The minimum absolute atomic E-state index is 0.161. The van der Waals surface area contributed by atoms with Gasteiger partial charge in [0.1, 0.15) is 17.2 Å². The molecular weight excluding hydrogens is 380 g/mol. The first-order valence-electron chi connectivity index (χ1n) is 8.45. The number of carbonyl (C=O) groups excluding carboxylic acids is 2. The summed E-state index contributed by atoms with van der Waals surface area (Å²) in [6.45, 7) is 6.85. The van der Waals surface area contributed by atoms with E-state index in [2.05, 4.69) is 20.4 Å². The minimum Gasteiger partial charge on any atom is -0.466 e. The smallest absolute Gasteiger partial charge is 0.259 e. The van der Waals surface area contributed by atoms with Crippen molar-refractivity contribution in [2.45, 2.75) is 27.7 Å². The third kappa shape index (κ3) is 3.09. The summed E-state index contributed by atoms with van der Waals surface area (Å²) >= 11 is 1.19. The zero-order valence-corrected chi connectivity index (χ0v) is 16.4. The van der Waals surface area contributed by atoms with Gasteiger partial charge in [0, 0.05) is 17.9 Å². The number of furan rings is 1. The second-order valence-electron chi connectivity index (χ2n) is 6.38. The van der Waals surface area contributed by atoms with Gasteiger partial charge in [-0.15, -0.1) is 11.3 Å². The fourth-order valence-corrected chi connectivity index (χ4v) is 3.70. The summed E-state index contributed by atoms with van der Waals surface area (Å²) in [5.41, 5.74) is 2.82. The second-order valence-corrected chi connectivity index (χ2v) is 7.24. The van der Waals surface area contributed by atoms with Crippen LogP contribution >= 0.6 is 11.3 Å². The molecule has 0 unspecified atom stereocenters. The number of rotatable bonds is 4. The number of fused-ring (bicyclic) bond motifs is 1. The average Bonchev–Trinajstić information content (AvgIpc) is 3.34. The van der Waals surface area contributed by atoms with Crippen molar-refractivity contribution in [1.29, 1.82) is 0 Å². The first kappa shape index (κ1) is 18.1. The van der Waals surface area contributed by atoms with Gasteiger partial charge in [-0.1, -0.05) is 5.16 Å². The lowest BCUT2D eigenvalue weighted by atomic mass is 10.1. The summed E-state index contributed by atoms with van der Waals surface area (Å²) in [6.07, 6.45) is 0. The van der Waals surface area contributed by atoms with E-state index in [0.717, 1.165) is 11.3 Å². The molecule has 0 bridgehead atoms. The largest absolute Gasteiger partial charge is 0.466 e. The number of Topliss-reactive ketones (excluding diaryl/α,β-unsaturated/α-hetero) is 1. The maximum atomic E-state index is 13.0. The Balaban J connectivity index is 1.80. The van der Waals surface area contributed by atoms with E-state index in [-0.39, 0.29) is 17.4 Å². The van der Waals surface area contributed by atoms with Gasteiger partial charge in [0.05, 0.1) is 22.3 Å². The van der Waals surface area contributed by atoms with Gasteiger partial charge in [-0.05, 0) is 32.9 Å². The molecule has 1 N–H and O–H groups in total. The van der Waals surface area contributed by atoms with Gasteiger partial charge in [0.2, 0.25) is 0 Å². The third-order valence-corrected chi connectivity index (χ3v) is 5.02. The first-order chi connectivity index (χ1) is 13.3. The average molecular weight is 396 g/mol. The molecule has 4 rings (SSSR count). The lowest BCUT2D eigenvalue weighted by Crippen LogP contribution is -2.13. The molecule has 0 aromatic carbocycles. The van der Waals surface area contributed by atoms with Gasteiger partial charge in [-0.2, -0.15) is 0 Å². The maximum absolute atomic E-state index is 13.0. The van der Waals surface area contributed by atoms with E-state index in [0.29, 0.717) is 38.9 Å². The van der Waals surface area contributed by atoms with E-state index in [1.54, 1.807) is 18.4 Å². The molecule has 0 aliphatic heterocycles. The molecule has 9 heteroatoms. The van der Waals surface area contributed by atoms with Crippen LogP contribution in [0.1, 0.15) is 45.0 Å². The molecule has 1 amide bonds. The van der Waals surface area contributed by atoms with Crippen LogP contribution in [0.25, 0.3) is 22.4 Å². The Kier molecular flexibility index (Phi) is 4.31. The number of hydrogen-bond acceptors (Lipinski definition) is 8. The molecule has 4 aromatic rings. The van der Waals surface area contributed by atoms with E-state index in [1.165, 1.54) is 18.3 Å². The van der Waals surface area contributed by atoms with Crippen LogP contribution in [0.15, 0.2) is 26.5 Å².